The molecule has 0 spiro atoms. The zero-order valence-corrected chi connectivity index (χ0v) is 11.2. The lowest BCUT2D eigenvalue weighted by Gasteiger charge is -2.26. The highest BCUT2D eigenvalue weighted by molar-refractivity contribution is 7.92. The summed E-state index contributed by atoms with van der Waals surface area (Å²) in [5.74, 6) is -0.475. The van der Waals surface area contributed by atoms with Gasteiger partial charge in [-0.1, -0.05) is 0 Å². The molecule has 0 atom stereocenters. The molecule has 0 heterocycles. The first kappa shape index (κ1) is 13.8. The normalized spacial score (nSPS) is 11.6. The van der Waals surface area contributed by atoms with Crippen LogP contribution in [0.1, 0.15) is 13.8 Å². The Bertz CT molecular complexity index is 500. The molecule has 0 saturated carbocycles. The van der Waals surface area contributed by atoms with Crippen LogP contribution in [0.25, 0.3) is 0 Å². The summed E-state index contributed by atoms with van der Waals surface area (Å²) in [7, 11) is -1.59. The second-order valence-corrected chi connectivity index (χ2v) is 5.99. The van der Waals surface area contributed by atoms with E-state index in [-0.39, 0.29) is 11.7 Å². The summed E-state index contributed by atoms with van der Waals surface area (Å²) in [4.78, 5) is 1.87. The van der Waals surface area contributed by atoms with Crippen molar-refractivity contribution in [2.45, 2.75) is 19.9 Å². The smallest absolute Gasteiger partial charge is 0.229 e. The molecule has 0 aliphatic carbocycles. The van der Waals surface area contributed by atoms with Gasteiger partial charge in [-0.05, 0) is 26.0 Å². The molecule has 0 aliphatic heterocycles. The molecule has 1 N–H and O–H groups in total. The van der Waals surface area contributed by atoms with Crippen LogP contribution in [0.2, 0.25) is 0 Å². The summed E-state index contributed by atoms with van der Waals surface area (Å²) in [5, 5.41) is 0. The molecule has 17 heavy (non-hydrogen) atoms. The molecule has 1 rings (SSSR count). The molecule has 4 nitrogen and oxygen atoms in total. The van der Waals surface area contributed by atoms with Crippen LogP contribution in [0.15, 0.2) is 18.2 Å². The zero-order valence-electron chi connectivity index (χ0n) is 10.4. The summed E-state index contributed by atoms with van der Waals surface area (Å²) in [6, 6.07) is 4.22. The maximum Gasteiger partial charge on any atom is 0.229 e. The third-order valence-electron chi connectivity index (χ3n) is 2.41. The molecule has 0 saturated heterocycles. The highest BCUT2D eigenvalue weighted by Gasteiger charge is 2.13. The summed E-state index contributed by atoms with van der Waals surface area (Å²) >= 11 is 0. The van der Waals surface area contributed by atoms with Crippen molar-refractivity contribution < 1.29 is 12.8 Å². The lowest BCUT2D eigenvalue weighted by atomic mass is 10.2. The van der Waals surface area contributed by atoms with Crippen LogP contribution in [0.5, 0.6) is 0 Å². The van der Waals surface area contributed by atoms with E-state index in [0.29, 0.717) is 5.69 Å². The third kappa shape index (κ3) is 3.89. The van der Waals surface area contributed by atoms with Crippen LogP contribution >= 0.6 is 0 Å². The van der Waals surface area contributed by atoms with Gasteiger partial charge in [0, 0.05) is 19.2 Å². The van der Waals surface area contributed by atoms with Crippen LogP contribution in [-0.2, 0) is 10.0 Å². The van der Waals surface area contributed by atoms with Crippen molar-refractivity contribution in [1.29, 1.82) is 0 Å². The maximum absolute atomic E-state index is 13.1. The number of hydrogen-bond donors (Lipinski definition) is 1. The quantitative estimate of drug-likeness (QED) is 0.901. The summed E-state index contributed by atoms with van der Waals surface area (Å²) in [5.41, 5.74) is 0.899. The fourth-order valence-corrected chi connectivity index (χ4v) is 1.94. The second-order valence-electron chi connectivity index (χ2n) is 4.24. The molecule has 6 heteroatoms. The molecule has 0 unspecified atom stereocenters. The number of sulfonamides is 1. The molecule has 0 aliphatic rings. The van der Waals surface area contributed by atoms with Gasteiger partial charge in [-0.2, -0.15) is 0 Å². The summed E-state index contributed by atoms with van der Waals surface area (Å²) < 4.78 is 37.9. The van der Waals surface area contributed by atoms with Gasteiger partial charge in [-0.15, -0.1) is 0 Å². The van der Waals surface area contributed by atoms with Crippen molar-refractivity contribution >= 4 is 21.4 Å². The van der Waals surface area contributed by atoms with E-state index < -0.39 is 15.8 Å². The minimum absolute atomic E-state index is 0.181. The first-order valence-corrected chi connectivity index (χ1v) is 7.10. The Hall–Kier alpha value is -1.30. The van der Waals surface area contributed by atoms with Gasteiger partial charge in [0.15, 0.2) is 0 Å². The van der Waals surface area contributed by atoms with Crippen LogP contribution in [0.3, 0.4) is 0 Å². The SMILES string of the molecule is CC(C)N(C)c1ccc(F)cc1NS(C)(=O)=O. The van der Waals surface area contributed by atoms with Crippen molar-refractivity contribution in [1.82, 2.24) is 0 Å². The summed E-state index contributed by atoms with van der Waals surface area (Å²) in [6.07, 6.45) is 1.04. The Morgan fingerprint density at radius 3 is 2.41 bits per heavy atom. The van der Waals surface area contributed by atoms with E-state index in [1.807, 2.05) is 25.8 Å². The van der Waals surface area contributed by atoms with Crippen molar-refractivity contribution in [2.24, 2.45) is 0 Å². The zero-order chi connectivity index (χ0) is 13.2. The Morgan fingerprint density at radius 1 is 1.35 bits per heavy atom. The predicted molar refractivity (Wildman–Crippen MR) is 68.4 cm³/mol. The van der Waals surface area contributed by atoms with Gasteiger partial charge in [0.25, 0.3) is 0 Å². The second kappa shape index (κ2) is 4.91. The first-order valence-electron chi connectivity index (χ1n) is 5.21. The number of hydrogen-bond acceptors (Lipinski definition) is 3. The van der Waals surface area contributed by atoms with Gasteiger partial charge < -0.3 is 4.90 Å². The molecular weight excluding hydrogens is 243 g/mol. The molecule has 0 aromatic heterocycles. The van der Waals surface area contributed by atoms with E-state index in [1.165, 1.54) is 12.1 Å². The van der Waals surface area contributed by atoms with Gasteiger partial charge in [-0.25, -0.2) is 12.8 Å². The van der Waals surface area contributed by atoms with Crippen molar-refractivity contribution in [2.75, 3.05) is 22.9 Å². The molecule has 0 fully saturated rings. The molecule has 1 aromatic carbocycles. The Balaban J connectivity index is 3.21. The monoisotopic (exact) mass is 260 g/mol. The number of anilines is 2. The standard InChI is InChI=1S/C11H17FN2O2S/c1-8(2)14(3)11-6-5-9(12)7-10(11)13-17(4,15)16/h5-8,13H,1-4H3. The molecule has 0 radical (unpaired) electrons. The Kier molecular flexibility index (Phi) is 3.98. The number of nitrogens with zero attached hydrogens (tertiary/aromatic N) is 1. The van der Waals surface area contributed by atoms with E-state index in [9.17, 15) is 12.8 Å². The topological polar surface area (TPSA) is 49.4 Å². The largest absolute Gasteiger partial charge is 0.370 e. The van der Waals surface area contributed by atoms with Crippen molar-refractivity contribution in [3.8, 4) is 0 Å². The van der Waals surface area contributed by atoms with E-state index >= 15 is 0 Å². The van der Waals surface area contributed by atoms with E-state index in [0.717, 1.165) is 6.26 Å². The van der Waals surface area contributed by atoms with E-state index in [2.05, 4.69) is 4.72 Å². The minimum Gasteiger partial charge on any atom is -0.370 e. The minimum atomic E-state index is -3.42. The lowest BCUT2D eigenvalue weighted by molar-refractivity contribution is 0.606. The average molecular weight is 260 g/mol. The molecule has 1 aromatic rings. The van der Waals surface area contributed by atoms with Crippen LogP contribution in [-0.4, -0.2) is 27.8 Å². The average Bonchev–Trinajstić information content (AvgIpc) is 2.14. The summed E-state index contributed by atoms with van der Waals surface area (Å²) in [6.45, 7) is 3.93. The van der Waals surface area contributed by atoms with Crippen molar-refractivity contribution in [3.63, 3.8) is 0 Å². The molecule has 0 amide bonds. The highest BCUT2D eigenvalue weighted by atomic mass is 32.2. The van der Waals surface area contributed by atoms with Crippen LogP contribution in [0.4, 0.5) is 15.8 Å². The third-order valence-corrected chi connectivity index (χ3v) is 3.00. The number of nitrogens with one attached hydrogen (secondary N) is 1. The lowest BCUT2D eigenvalue weighted by Crippen LogP contribution is -2.27. The Labute approximate surface area is 101 Å². The van der Waals surface area contributed by atoms with Gasteiger partial charge in [0.2, 0.25) is 10.0 Å². The Morgan fingerprint density at radius 2 is 1.94 bits per heavy atom. The van der Waals surface area contributed by atoms with Gasteiger partial charge in [0.1, 0.15) is 5.82 Å². The number of benzene rings is 1. The molecular formula is C11H17FN2O2S. The van der Waals surface area contributed by atoms with Gasteiger partial charge >= 0.3 is 0 Å². The predicted octanol–water partition coefficient (Wildman–Crippen LogP) is 2.04. The van der Waals surface area contributed by atoms with Gasteiger partial charge in [0.05, 0.1) is 17.6 Å². The van der Waals surface area contributed by atoms with E-state index in [1.54, 1.807) is 6.07 Å². The van der Waals surface area contributed by atoms with Crippen LogP contribution in [0, 0.1) is 5.82 Å². The fraction of sp³-hybridized carbons (Fsp3) is 0.455. The molecule has 96 valence electrons. The molecule has 0 bridgehead atoms. The van der Waals surface area contributed by atoms with Gasteiger partial charge in [-0.3, -0.25) is 4.72 Å². The fourth-order valence-electron chi connectivity index (χ4n) is 1.38. The number of rotatable bonds is 4. The van der Waals surface area contributed by atoms with E-state index in [4.69, 9.17) is 0 Å². The van der Waals surface area contributed by atoms with Crippen molar-refractivity contribution in [3.05, 3.63) is 24.0 Å². The highest BCUT2D eigenvalue weighted by Crippen LogP contribution is 2.27. The first-order chi connectivity index (χ1) is 7.70. The van der Waals surface area contributed by atoms with Crippen LogP contribution < -0.4 is 9.62 Å². The number of halogens is 1. The maximum atomic E-state index is 13.1.